The third-order valence-corrected chi connectivity index (χ3v) is 5.29. The molecule has 2 rings (SSSR count). The number of rotatable bonds is 5. The van der Waals surface area contributed by atoms with Crippen LogP contribution in [0.4, 0.5) is 0 Å². The van der Waals surface area contributed by atoms with Crippen molar-refractivity contribution >= 4 is 0 Å². The Bertz CT molecular complexity index is 262. The van der Waals surface area contributed by atoms with Gasteiger partial charge in [-0.25, -0.2) is 0 Å². The number of hydrogen-bond donors (Lipinski definition) is 1. The van der Waals surface area contributed by atoms with E-state index in [0.717, 1.165) is 12.0 Å². The topological polar surface area (TPSA) is 15.3 Å². The summed E-state index contributed by atoms with van der Waals surface area (Å²) in [6.07, 6.45) is 6.81. The normalized spacial score (nSPS) is 36.3. The number of likely N-dealkylation sites (tertiary alicyclic amines) is 1. The van der Waals surface area contributed by atoms with E-state index in [0.29, 0.717) is 11.5 Å². The van der Waals surface area contributed by atoms with E-state index in [2.05, 4.69) is 37.9 Å². The summed E-state index contributed by atoms with van der Waals surface area (Å²) in [6.45, 7) is 13.4. The van der Waals surface area contributed by atoms with Crippen molar-refractivity contribution in [2.24, 2.45) is 11.3 Å². The van der Waals surface area contributed by atoms with E-state index in [1.54, 1.807) is 0 Å². The largest absolute Gasteiger partial charge is 0.312 e. The minimum atomic E-state index is 0.476. The zero-order valence-electron chi connectivity index (χ0n) is 12.8. The fraction of sp³-hybridized carbons (Fsp3) is 1.00. The van der Waals surface area contributed by atoms with Crippen LogP contribution in [0.5, 0.6) is 0 Å². The van der Waals surface area contributed by atoms with Gasteiger partial charge < -0.3 is 5.32 Å². The van der Waals surface area contributed by atoms with Crippen LogP contribution in [0.15, 0.2) is 0 Å². The molecule has 18 heavy (non-hydrogen) atoms. The van der Waals surface area contributed by atoms with Crippen LogP contribution in [0.25, 0.3) is 0 Å². The molecular weight excluding hydrogens is 220 g/mol. The Balaban J connectivity index is 1.98. The lowest BCUT2D eigenvalue weighted by Crippen LogP contribution is -2.51. The smallest absolute Gasteiger partial charge is 0.0274 e. The Morgan fingerprint density at radius 3 is 2.61 bits per heavy atom. The fourth-order valence-corrected chi connectivity index (χ4v) is 3.97. The molecule has 0 bridgehead atoms. The summed E-state index contributed by atoms with van der Waals surface area (Å²) in [4.78, 5) is 2.79. The molecule has 1 heterocycles. The molecule has 0 spiro atoms. The molecule has 1 N–H and O–H groups in total. The first kappa shape index (κ1) is 14.3. The van der Waals surface area contributed by atoms with Gasteiger partial charge in [-0.15, -0.1) is 0 Å². The van der Waals surface area contributed by atoms with Crippen LogP contribution in [-0.4, -0.2) is 36.6 Å². The van der Waals surface area contributed by atoms with Crippen molar-refractivity contribution in [1.29, 1.82) is 0 Å². The molecule has 0 radical (unpaired) electrons. The average molecular weight is 252 g/mol. The summed E-state index contributed by atoms with van der Waals surface area (Å²) >= 11 is 0. The summed E-state index contributed by atoms with van der Waals surface area (Å²) in [5.74, 6) is 0.959. The van der Waals surface area contributed by atoms with E-state index < -0.39 is 0 Å². The summed E-state index contributed by atoms with van der Waals surface area (Å²) in [5.41, 5.74) is 0.476. The van der Waals surface area contributed by atoms with E-state index in [4.69, 9.17) is 0 Å². The Morgan fingerprint density at radius 1 is 1.22 bits per heavy atom. The van der Waals surface area contributed by atoms with Crippen molar-refractivity contribution < 1.29 is 0 Å². The van der Waals surface area contributed by atoms with E-state index in [1.165, 1.54) is 51.7 Å². The molecule has 1 aliphatic heterocycles. The first-order valence-corrected chi connectivity index (χ1v) is 8.06. The van der Waals surface area contributed by atoms with Gasteiger partial charge >= 0.3 is 0 Å². The predicted molar refractivity (Wildman–Crippen MR) is 78.9 cm³/mol. The van der Waals surface area contributed by atoms with Crippen molar-refractivity contribution in [3.05, 3.63) is 0 Å². The van der Waals surface area contributed by atoms with Crippen LogP contribution in [0.3, 0.4) is 0 Å². The standard InChI is InChI=1S/C16H32N2/c1-5-10-17-15-14(7-9-16(15,3)4)18-11-8-13(6-2)12-18/h13-15,17H,5-12H2,1-4H3. The molecule has 2 aliphatic rings. The lowest BCUT2D eigenvalue weighted by molar-refractivity contribution is 0.165. The van der Waals surface area contributed by atoms with E-state index in [1.807, 2.05) is 0 Å². The Kier molecular flexibility index (Phi) is 4.71. The molecule has 0 aromatic carbocycles. The first-order valence-electron chi connectivity index (χ1n) is 8.06. The molecule has 2 nitrogen and oxygen atoms in total. The van der Waals surface area contributed by atoms with Crippen LogP contribution in [0, 0.1) is 11.3 Å². The minimum absolute atomic E-state index is 0.476. The van der Waals surface area contributed by atoms with Crippen LogP contribution in [0.1, 0.15) is 59.8 Å². The van der Waals surface area contributed by atoms with Crippen molar-refractivity contribution in [1.82, 2.24) is 10.2 Å². The fourth-order valence-electron chi connectivity index (χ4n) is 3.97. The van der Waals surface area contributed by atoms with Crippen molar-refractivity contribution in [3.63, 3.8) is 0 Å². The second kappa shape index (κ2) is 5.92. The zero-order chi connectivity index (χ0) is 13.2. The Morgan fingerprint density at radius 2 is 2.00 bits per heavy atom. The average Bonchev–Trinajstić information content (AvgIpc) is 2.91. The molecule has 1 saturated carbocycles. The van der Waals surface area contributed by atoms with E-state index >= 15 is 0 Å². The van der Waals surface area contributed by atoms with E-state index in [9.17, 15) is 0 Å². The van der Waals surface area contributed by atoms with Crippen molar-refractivity contribution in [2.75, 3.05) is 19.6 Å². The first-order chi connectivity index (χ1) is 8.58. The molecule has 106 valence electrons. The van der Waals surface area contributed by atoms with E-state index in [-0.39, 0.29) is 0 Å². The van der Waals surface area contributed by atoms with Crippen LogP contribution in [0.2, 0.25) is 0 Å². The second-order valence-electron chi connectivity index (χ2n) is 7.08. The Labute approximate surface area is 114 Å². The SMILES string of the molecule is CCCNC1C(N2CCC(CC)C2)CCC1(C)C. The van der Waals surface area contributed by atoms with Gasteiger partial charge in [0.05, 0.1) is 0 Å². The van der Waals surface area contributed by atoms with Gasteiger partial charge in [-0.3, -0.25) is 4.90 Å². The number of nitrogens with zero attached hydrogens (tertiary/aromatic N) is 1. The van der Waals surface area contributed by atoms with Gasteiger partial charge in [0.25, 0.3) is 0 Å². The van der Waals surface area contributed by atoms with Gasteiger partial charge in [-0.05, 0) is 50.1 Å². The van der Waals surface area contributed by atoms with Crippen LogP contribution >= 0.6 is 0 Å². The van der Waals surface area contributed by atoms with Gasteiger partial charge in [-0.2, -0.15) is 0 Å². The molecule has 2 fully saturated rings. The number of nitrogens with one attached hydrogen (secondary N) is 1. The monoisotopic (exact) mass is 252 g/mol. The van der Waals surface area contributed by atoms with Crippen LogP contribution in [-0.2, 0) is 0 Å². The third kappa shape index (κ3) is 2.91. The number of hydrogen-bond acceptors (Lipinski definition) is 2. The van der Waals surface area contributed by atoms with Crippen LogP contribution < -0.4 is 5.32 Å². The molecular formula is C16H32N2. The summed E-state index contributed by atoms with van der Waals surface area (Å²) < 4.78 is 0. The molecule has 3 unspecified atom stereocenters. The maximum atomic E-state index is 3.84. The Hall–Kier alpha value is -0.0800. The second-order valence-corrected chi connectivity index (χ2v) is 7.08. The predicted octanol–water partition coefficient (Wildman–Crippen LogP) is 3.28. The summed E-state index contributed by atoms with van der Waals surface area (Å²) in [7, 11) is 0. The highest BCUT2D eigenvalue weighted by atomic mass is 15.2. The highest BCUT2D eigenvalue weighted by molar-refractivity contribution is 5.02. The molecule has 0 amide bonds. The zero-order valence-corrected chi connectivity index (χ0v) is 12.8. The molecule has 0 aromatic rings. The van der Waals surface area contributed by atoms with Gasteiger partial charge in [0.1, 0.15) is 0 Å². The highest BCUT2D eigenvalue weighted by Crippen LogP contribution is 2.41. The van der Waals surface area contributed by atoms with Crippen molar-refractivity contribution in [2.45, 2.75) is 71.9 Å². The molecule has 2 heteroatoms. The van der Waals surface area contributed by atoms with Crippen molar-refractivity contribution in [3.8, 4) is 0 Å². The molecule has 1 saturated heterocycles. The molecule has 3 atom stereocenters. The molecule has 0 aromatic heterocycles. The van der Waals surface area contributed by atoms with Gasteiger partial charge in [0.15, 0.2) is 0 Å². The third-order valence-electron chi connectivity index (χ3n) is 5.29. The lowest BCUT2D eigenvalue weighted by Gasteiger charge is -2.36. The minimum Gasteiger partial charge on any atom is -0.312 e. The van der Waals surface area contributed by atoms with Gasteiger partial charge in [0, 0.05) is 18.6 Å². The quantitative estimate of drug-likeness (QED) is 0.808. The summed E-state index contributed by atoms with van der Waals surface area (Å²) in [5, 5.41) is 3.84. The molecule has 1 aliphatic carbocycles. The van der Waals surface area contributed by atoms with Gasteiger partial charge in [-0.1, -0.05) is 34.1 Å². The maximum Gasteiger partial charge on any atom is 0.0274 e. The van der Waals surface area contributed by atoms with Gasteiger partial charge in [0.2, 0.25) is 0 Å². The maximum absolute atomic E-state index is 3.84. The summed E-state index contributed by atoms with van der Waals surface area (Å²) in [6, 6.07) is 1.50. The highest BCUT2D eigenvalue weighted by Gasteiger charge is 2.45. The lowest BCUT2D eigenvalue weighted by atomic mass is 9.86.